The number of hydrogen-bond donors (Lipinski definition) is 1. The Bertz CT molecular complexity index is 877. The number of carbonyl (C=O) groups excluding carboxylic acids is 1. The highest BCUT2D eigenvalue weighted by Crippen LogP contribution is 2.31. The van der Waals surface area contributed by atoms with Crippen LogP contribution in [0.5, 0.6) is 0 Å². The molecule has 0 saturated carbocycles. The molecule has 2 heterocycles. The van der Waals surface area contributed by atoms with Crippen molar-refractivity contribution in [3.8, 4) is 11.3 Å². The number of aromatic nitrogens is 2. The highest BCUT2D eigenvalue weighted by molar-refractivity contribution is 5.68. The minimum Gasteiger partial charge on any atom is -0.445 e. The summed E-state index contributed by atoms with van der Waals surface area (Å²) < 4.78 is 5.56. The maximum Gasteiger partial charge on any atom is 0.410 e. The number of carbonyl (C=O) groups is 1. The zero-order chi connectivity index (χ0) is 18.5. The van der Waals surface area contributed by atoms with E-state index >= 15 is 0 Å². The van der Waals surface area contributed by atoms with Gasteiger partial charge in [-0.15, -0.1) is 0 Å². The van der Waals surface area contributed by atoms with E-state index in [0.717, 1.165) is 41.9 Å². The molecule has 1 aliphatic heterocycles. The third-order valence-corrected chi connectivity index (χ3v) is 4.94. The number of piperidine rings is 1. The number of H-pyrrole nitrogens is 1. The standard InChI is InChI=1S/C22H23N3O2/c26-22(27-16-17-9-3-1-4-10-17)25-14-8-7-13-20(25)21-23-15-19(24-21)18-11-5-2-6-12-18/h1-6,9-12,15,20H,7-8,13-14,16H2,(H,23,24)/t20-/m0/s1. The monoisotopic (exact) mass is 361 g/mol. The van der Waals surface area contributed by atoms with Gasteiger partial charge in [0.15, 0.2) is 0 Å². The van der Waals surface area contributed by atoms with E-state index in [9.17, 15) is 4.79 Å². The Morgan fingerprint density at radius 3 is 2.59 bits per heavy atom. The van der Waals surface area contributed by atoms with Crippen molar-refractivity contribution in [2.75, 3.05) is 6.54 Å². The molecule has 1 aromatic heterocycles. The zero-order valence-electron chi connectivity index (χ0n) is 15.2. The highest BCUT2D eigenvalue weighted by Gasteiger charge is 2.31. The lowest BCUT2D eigenvalue weighted by molar-refractivity contribution is 0.0660. The van der Waals surface area contributed by atoms with Gasteiger partial charge in [-0.05, 0) is 30.4 Å². The average Bonchev–Trinajstić information content (AvgIpc) is 3.23. The van der Waals surface area contributed by atoms with Gasteiger partial charge in [-0.1, -0.05) is 60.7 Å². The molecule has 0 spiro atoms. The molecule has 0 bridgehead atoms. The highest BCUT2D eigenvalue weighted by atomic mass is 16.6. The Kier molecular flexibility index (Phi) is 5.19. The third kappa shape index (κ3) is 4.03. The summed E-state index contributed by atoms with van der Waals surface area (Å²) in [7, 11) is 0. The van der Waals surface area contributed by atoms with E-state index in [1.165, 1.54) is 0 Å². The Morgan fingerprint density at radius 1 is 1.07 bits per heavy atom. The smallest absolute Gasteiger partial charge is 0.410 e. The SMILES string of the molecule is O=C(OCc1ccccc1)N1CCCC[C@H]1c1ncc(-c2ccccc2)[nH]1. The lowest BCUT2D eigenvalue weighted by atomic mass is 10.0. The summed E-state index contributed by atoms with van der Waals surface area (Å²) in [5.41, 5.74) is 3.04. The molecule has 0 aliphatic carbocycles. The van der Waals surface area contributed by atoms with Crippen LogP contribution < -0.4 is 0 Å². The van der Waals surface area contributed by atoms with Gasteiger partial charge in [0.25, 0.3) is 0 Å². The molecule has 27 heavy (non-hydrogen) atoms. The Labute approximate surface area is 159 Å². The molecule has 138 valence electrons. The van der Waals surface area contributed by atoms with E-state index in [-0.39, 0.29) is 18.7 Å². The van der Waals surface area contributed by atoms with Crippen LogP contribution >= 0.6 is 0 Å². The van der Waals surface area contributed by atoms with Crippen molar-refractivity contribution in [1.29, 1.82) is 0 Å². The maximum atomic E-state index is 12.7. The van der Waals surface area contributed by atoms with Crippen LogP contribution in [0.4, 0.5) is 4.79 Å². The first-order valence-corrected chi connectivity index (χ1v) is 9.39. The lowest BCUT2D eigenvalue weighted by Gasteiger charge is -2.33. The van der Waals surface area contributed by atoms with E-state index < -0.39 is 0 Å². The maximum absolute atomic E-state index is 12.7. The number of ether oxygens (including phenoxy) is 1. The summed E-state index contributed by atoms with van der Waals surface area (Å²) in [5.74, 6) is 0.824. The zero-order valence-corrected chi connectivity index (χ0v) is 15.2. The molecule has 1 atom stereocenters. The molecule has 1 N–H and O–H groups in total. The van der Waals surface area contributed by atoms with E-state index in [0.29, 0.717) is 6.54 Å². The summed E-state index contributed by atoms with van der Waals surface area (Å²) in [4.78, 5) is 22.5. The largest absolute Gasteiger partial charge is 0.445 e. The van der Waals surface area contributed by atoms with Crippen molar-refractivity contribution in [3.05, 3.63) is 78.2 Å². The fourth-order valence-electron chi connectivity index (χ4n) is 3.51. The molecule has 1 amide bonds. The molecule has 5 nitrogen and oxygen atoms in total. The molecular weight excluding hydrogens is 338 g/mol. The van der Waals surface area contributed by atoms with Gasteiger partial charge < -0.3 is 9.72 Å². The van der Waals surface area contributed by atoms with Gasteiger partial charge in [-0.2, -0.15) is 0 Å². The molecule has 0 unspecified atom stereocenters. The summed E-state index contributed by atoms with van der Waals surface area (Å²) in [6.07, 6.45) is 4.52. The van der Waals surface area contributed by atoms with Crippen molar-refractivity contribution in [2.24, 2.45) is 0 Å². The van der Waals surface area contributed by atoms with Gasteiger partial charge >= 0.3 is 6.09 Å². The number of benzene rings is 2. The predicted molar refractivity (Wildman–Crippen MR) is 104 cm³/mol. The van der Waals surface area contributed by atoms with Crippen LogP contribution in [0.3, 0.4) is 0 Å². The number of likely N-dealkylation sites (tertiary alicyclic amines) is 1. The second kappa shape index (κ2) is 8.08. The van der Waals surface area contributed by atoms with Gasteiger partial charge in [0, 0.05) is 6.54 Å². The predicted octanol–water partition coefficient (Wildman–Crippen LogP) is 4.94. The Morgan fingerprint density at radius 2 is 1.81 bits per heavy atom. The van der Waals surface area contributed by atoms with Gasteiger partial charge in [-0.25, -0.2) is 9.78 Å². The van der Waals surface area contributed by atoms with E-state index in [1.807, 2.05) is 66.9 Å². The second-order valence-corrected chi connectivity index (χ2v) is 6.79. The first-order chi connectivity index (χ1) is 13.3. The molecule has 5 heteroatoms. The van der Waals surface area contributed by atoms with Gasteiger partial charge in [0.1, 0.15) is 12.4 Å². The van der Waals surface area contributed by atoms with Crippen LogP contribution in [0, 0.1) is 0 Å². The summed E-state index contributed by atoms with van der Waals surface area (Å²) in [6, 6.07) is 19.8. The number of nitrogens with zero attached hydrogens (tertiary/aromatic N) is 2. The first-order valence-electron chi connectivity index (χ1n) is 9.39. The quantitative estimate of drug-likeness (QED) is 0.716. The number of amides is 1. The van der Waals surface area contributed by atoms with Crippen LogP contribution in [0.15, 0.2) is 66.9 Å². The van der Waals surface area contributed by atoms with Gasteiger partial charge in [0.05, 0.1) is 17.9 Å². The van der Waals surface area contributed by atoms with Crippen molar-refractivity contribution >= 4 is 6.09 Å². The summed E-state index contributed by atoms with van der Waals surface area (Å²) in [6.45, 7) is 0.982. The van der Waals surface area contributed by atoms with Crippen molar-refractivity contribution < 1.29 is 9.53 Å². The Hall–Kier alpha value is -3.08. The molecule has 1 aliphatic rings. The van der Waals surface area contributed by atoms with Gasteiger partial charge in [-0.3, -0.25) is 4.90 Å². The molecule has 3 aromatic rings. The fraction of sp³-hybridized carbons (Fsp3) is 0.273. The molecule has 4 rings (SSSR count). The van der Waals surface area contributed by atoms with Crippen molar-refractivity contribution in [1.82, 2.24) is 14.9 Å². The minimum atomic E-state index is -0.277. The number of hydrogen-bond acceptors (Lipinski definition) is 3. The van der Waals surface area contributed by atoms with Crippen LogP contribution in [-0.4, -0.2) is 27.5 Å². The third-order valence-electron chi connectivity index (χ3n) is 4.94. The van der Waals surface area contributed by atoms with Crippen LogP contribution in [0.1, 0.15) is 36.7 Å². The van der Waals surface area contributed by atoms with Crippen LogP contribution in [-0.2, 0) is 11.3 Å². The summed E-state index contributed by atoms with van der Waals surface area (Å²) in [5, 5.41) is 0. The molecule has 1 fully saturated rings. The molecule has 0 radical (unpaired) electrons. The number of rotatable bonds is 4. The number of imidazole rings is 1. The van der Waals surface area contributed by atoms with E-state index in [2.05, 4.69) is 9.97 Å². The molecule has 1 saturated heterocycles. The van der Waals surface area contributed by atoms with Crippen molar-refractivity contribution in [2.45, 2.75) is 31.9 Å². The number of aromatic amines is 1. The van der Waals surface area contributed by atoms with Gasteiger partial charge in [0.2, 0.25) is 0 Å². The Balaban J connectivity index is 1.47. The first kappa shape index (κ1) is 17.3. The van der Waals surface area contributed by atoms with Crippen LogP contribution in [0.25, 0.3) is 11.3 Å². The number of nitrogens with one attached hydrogen (secondary N) is 1. The summed E-state index contributed by atoms with van der Waals surface area (Å²) >= 11 is 0. The average molecular weight is 361 g/mol. The fourth-order valence-corrected chi connectivity index (χ4v) is 3.51. The topological polar surface area (TPSA) is 58.2 Å². The molecular formula is C22H23N3O2. The minimum absolute atomic E-state index is 0.0699. The van der Waals surface area contributed by atoms with E-state index in [1.54, 1.807) is 4.90 Å². The molecule has 2 aromatic carbocycles. The van der Waals surface area contributed by atoms with Crippen LogP contribution in [0.2, 0.25) is 0 Å². The second-order valence-electron chi connectivity index (χ2n) is 6.79. The normalized spacial score (nSPS) is 16.9. The lowest BCUT2D eigenvalue weighted by Crippen LogP contribution is -2.39. The van der Waals surface area contributed by atoms with E-state index in [4.69, 9.17) is 4.74 Å². The van der Waals surface area contributed by atoms with Crippen molar-refractivity contribution in [3.63, 3.8) is 0 Å².